The summed E-state index contributed by atoms with van der Waals surface area (Å²) >= 11 is 0. The first kappa shape index (κ1) is 14.9. The Morgan fingerprint density at radius 3 is 2.22 bits per heavy atom. The van der Waals surface area contributed by atoms with Crippen LogP contribution in [0.25, 0.3) is 0 Å². The van der Waals surface area contributed by atoms with E-state index in [0.717, 1.165) is 4.90 Å². The second kappa shape index (κ2) is 6.13. The van der Waals surface area contributed by atoms with E-state index in [4.69, 9.17) is 0 Å². The number of hydrogen-bond acceptors (Lipinski definition) is 3. The van der Waals surface area contributed by atoms with Crippen molar-refractivity contribution in [3.63, 3.8) is 0 Å². The lowest BCUT2D eigenvalue weighted by molar-refractivity contribution is -0.801. The highest BCUT2D eigenvalue weighted by Crippen LogP contribution is 2.18. The Hall–Kier alpha value is -1.17. The van der Waals surface area contributed by atoms with Gasteiger partial charge in [-0.05, 0) is 26.2 Å². The minimum absolute atomic E-state index is 0.347. The van der Waals surface area contributed by atoms with E-state index >= 15 is 0 Å². The maximum Gasteiger partial charge on any atom is 0.209 e. The summed E-state index contributed by atoms with van der Waals surface area (Å²) in [6.07, 6.45) is 1.74. The van der Waals surface area contributed by atoms with Crippen molar-refractivity contribution in [3.05, 3.63) is 41.4 Å². The second-order valence-corrected chi connectivity index (χ2v) is 6.74. The summed E-state index contributed by atoms with van der Waals surface area (Å²) in [5.41, 5.74) is 0. The molecule has 4 nitrogen and oxygen atoms in total. The van der Waals surface area contributed by atoms with Gasteiger partial charge in [-0.1, -0.05) is 18.2 Å². The van der Waals surface area contributed by atoms with Crippen molar-refractivity contribution >= 4 is 9.84 Å². The molecular weight excluding hydrogens is 248 g/mol. The van der Waals surface area contributed by atoms with Crippen LogP contribution in [0.1, 0.15) is 0 Å². The van der Waals surface area contributed by atoms with Gasteiger partial charge in [0, 0.05) is 6.54 Å². The van der Waals surface area contributed by atoms with Crippen LogP contribution in [0, 0.1) is 0 Å². The van der Waals surface area contributed by atoms with Crippen molar-refractivity contribution in [3.8, 4) is 0 Å². The van der Waals surface area contributed by atoms with Crippen LogP contribution in [0.15, 0.2) is 46.3 Å². The third-order valence-electron chi connectivity index (χ3n) is 2.32. The zero-order chi connectivity index (χ0) is 13.8. The summed E-state index contributed by atoms with van der Waals surface area (Å²) in [5.74, 6) is 0. The van der Waals surface area contributed by atoms with Crippen molar-refractivity contribution in [1.29, 1.82) is 0 Å². The van der Waals surface area contributed by atoms with E-state index in [1.54, 1.807) is 30.5 Å². The zero-order valence-electron chi connectivity index (χ0n) is 11.3. The molecule has 0 heterocycles. The van der Waals surface area contributed by atoms with Crippen LogP contribution < -0.4 is 4.90 Å². The first-order valence-corrected chi connectivity index (χ1v) is 7.28. The van der Waals surface area contributed by atoms with Crippen molar-refractivity contribution in [1.82, 2.24) is 4.90 Å². The molecule has 0 saturated carbocycles. The van der Waals surface area contributed by atoms with E-state index in [-0.39, 0.29) is 0 Å². The molecule has 0 aliphatic rings. The van der Waals surface area contributed by atoms with Gasteiger partial charge in [-0.25, -0.2) is 8.42 Å². The molecule has 0 aromatic heterocycles. The van der Waals surface area contributed by atoms with E-state index in [1.165, 1.54) is 0 Å². The van der Waals surface area contributed by atoms with Crippen LogP contribution >= 0.6 is 0 Å². The standard InChI is InChI=1S/C13H20N2O2S/c1-14(2)10-13(11-15(3)4)18(16,17)12-8-6-5-7-9-12/h5-10H,11H2,1-4H3/p+1/b13-10-. The number of nitrogens with zero attached hydrogens (tertiary/aromatic N) is 1. The molecule has 100 valence electrons. The average molecular weight is 269 g/mol. The van der Waals surface area contributed by atoms with Crippen molar-refractivity contribution < 1.29 is 13.3 Å². The van der Waals surface area contributed by atoms with Crippen LogP contribution in [0.4, 0.5) is 0 Å². The van der Waals surface area contributed by atoms with Gasteiger partial charge in [0.1, 0.15) is 11.1 Å². The summed E-state index contributed by atoms with van der Waals surface area (Å²) in [7, 11) is 4.13. The van der Waals surface area contributed by atoms with Crippen molar-refractivity contribution in [2.45, 2.75) is 4.90 Å². The van der Waals surface area contributed by atoms with Crippen molar-refractivity contribution in [2.24, 2.45) is 0 Å². The Balaban J connectivity index is 3.21. The molecule has 1 rings (SSSR count). The molecule has 0 atom stereocenters. The quantitative estimate of drug-likeness (QED) is 0.819. The molecule has 0 saturated heterocycles. The van der Waals surface area contributed by atoms with Gasteiger partial charge in [0.15, 0.2) is 0 Å². The van der Waals surface area contributed by atoms with E-state index in [1.807, 2.05) is 39.2 Å². The molecule has 0 unspecified atom stereocenters. The van der Waals surface area contributed by atoms with Crippen LogP contribution in [-0.2, 0) is 9.84 Å². The summed E-state index contributed by atoms with van der Waals surface area (Å²) in [4.78, 5) is 3.61. The van der Waals surface area contributed by atoms with Gasteiger partial charge in [0.2, 0.25) is 9.84 Å². The topological polar surface area (TPSA) is 41.8 Å². The second-order valence-electron chi connectivity index (χ2n) is 4.74. The molecule has 0 fully saturated rings. The zero-order valence-corrected chi connectivity index (χ0v) is 12.2. The Labute approximate surface area is 109 Å². The van der Waals surface area contributed by atoms with E-state index in [2.05, 4.69) is 0 Å². The molecule has 0 radical (unpaired) electrons. The smallest absolute Gasteiger partial charge is 0.209 e. The van der Waals surface area contributed by atoms with Gasteiger partial charge in [-0.15, -0.1) is 0 Å². The molecule has 0 aliphatic carbocycles. The Morgan fingerprint density at radius 1 is 1.22 bits per heavy atom. The van der Waals surface area contributed by atoms with Gasteiger partial charge in [0.05, 0.1) is 19.0 Å². The molecule has 0 spiro atoms. The first-order valence-electron chi connectivity index (χ1n) is 5.79. The molecule has 1 aromatic rings. The van der Waals surface area contributed by atoms with E-state index < -0.39 is 9.84 Å². The predicted molar refractivity (Wildman–Crippen MR) is 73.1 cm³/mol. The number of quaternary nitrogens is 1. The molecular formula is C13H21N2O2S+. The maximum absolute atomic E-state index is 12.5. The molecule has 1 N–H and O–H groups in total. The lowest BCUT2D eigenvalue weighted by Crippen LogP contribution is -3.00. The van der Waals surface area contributed by atoms with Gasteiger partial charge in [-0.2, -0.15) is 0 Å². The maximum atomic E-state index is 12.5. The molecule has 0 aliphatic heterocycles. The fraction of sp³-hybridized carbons (Fsp3) is 0.385. The van der Waals surface area contributed by atoms with Gasteiger partial charge >= 0.3 is 0 Å². The molecule has 18 heavy (non-hydrogen) atoms. The Kier molecular flexibility index (Phi) is 5.07. The Morgan fingerprint density at radius 2 is 1.78 bits per heavy atom. The number of hydrogen-bond donors (Lipinski definition) is 1. The number of benzene rings is 1. The van der Waals surface area contributed by atoms with Crippen LogP contribution in [0.2, 0.25) is 0 Å². The molecule has 5 heteroatoms. The summed E-state index contributed by atoms with van der Waals surface area (Å²) < 4.78 is 25.0. The summed E-state index contributed by atoms with van der Waals surface area (Å²) in [6, 6.07) is 8.55. The predicted octanol–water partition coefficient (Wildman–Crippen LogP) is 0.00780. The fourth-order valence-corrected chi connectivity index (χ4v) is 3.23. The average Bonchev–Trinajstić information content (AvgIpc) is 2.28. The lowest BCUT2D eigenvalue weighted by atomic mass is 10.4. The first-order chi connectivity index (χ1) is 8.34. The van der Waals surface area contributed by atoms with E-state index in [9.17, 15) is 8.42 Å². The lowest BCUT2D eigenvalue weighted by Gasteiger charge is -2.14. The monoisotopic (exact) mass is 269 g/mol. The summed E-state index contributed by atoms with van der Waals surface area (Å²) in [6.45, 7) is 0.405. The van der Waals surface area contributed by atoms with Crippen LogP contribution in [-0.4, -0.2) is 48.1 Å². The molecule has 1 aromatic carbocycles. The summed E-state index contributed by atoms with van der Waals surface area (Å²) in [5, 5.41) is 0. The van der Waals surface area contributed by atoms with Crippen LogP contribution in [0.5, 0.6) is 0 Å². The SMILES string of the molecule is CN(C)C/C(=C/[NH+](C)C)S(=O)(=O)c1ccccc1. The Bertz CT molecular complexity index is 505. The molecule has 0 amide bonds. The third-order valence-corrected chi connectivity index (χ3v) is 4.15. The third kappa shape index (κ3) is 3.94. The minimum Gasteiger partial charge on any atom is -0.313 e. The van der Waals surface area contributed by atoms with Gasteiger partial charge in [-0.3, -0.25) is 0 Å². The highest BCUT2D eigenvalue weighted by molar-refractivity contribution is 7.95. The normalized spacial score (nSPS) is 13.3. The fourth-order valence-electron chi connectivity index (χ4n) is 1.59. The number of sulfone groups is 1. The number of likely N-dealkylation sites (N-methyl/N-ethyl adjacent to an activating group) is 1. The highest BCUT2D eigenvalue weighted by Gasteiger charge is 2.22. The van der Waals surface area contributed by atoms with Crippen molar-refractivity contribution in [2.75, 3.05) is 34.7 Å². The minimum atomic E-state index is -3.39. The van der Waals surface area contributed by atoms with Gasteiger partial charge in [0.25, 0.3) is 0 Å². The molecule has 0 bridgehead atoms. The highest BCUT2D eigenvalue weighted by atomic mass is 32.2. The number of nitrogens with one attached hydrogen (secondary N) is 1. The number of rotatable bonds is 5. The van der Waals surface area contributed by atoms with Crippen LogP contribution in [0.3, 0.4) is 0 Å². The van der Waals surface area contributed by atoms with E-state index in [0.29, 0.717) is 16.3 Å². The van der Waals surface area contributed by atoms with Gasteiger partial charge < -0.3 is 9.80 Å². The largest absolute Gasteiger partial charge is 0.313 e.